The van der Waals surface area contributed by atoms with E-state index in [9.17, 15) is 22.8 Å². The van der Waals surface area contributed by atoms with Gasteiger partial charge in [-0.1, -0.05) is 25.1 Å². The molecule has 188 valence electrons. The number of halogens is 3. The molecule has 36 heavy (non-hydrogen) atoms. The number of ether oxygens (including phenoxy) is 1. The van der Waals surface area contributed by atoms with E-state index in [1.54, 1.807) is 36.4 Å². The second-order valence-electron chi connectivity index (χ2n) is 7.89. The molecule has 6 nitrogen and oxygen atoms in total. The third-order valence-corrected chi connectivity index (χ3v) is 5.27. The molecule has 0 saturated carbocycles. The maximum absolute atomic E-state index is 12.9. The predicted octanol–water partition coefficient (Wildman–Crippen LogP) is 6.26. The number of carbonyl (C=O) groups is 2. The number of benzene rings is 3. The summed E-state index contributed by atoms with van der Waals surface area (Å²) in [5.74, 6) is -0.484. The van der Waals surface area contributed by atoms with E-state index in [1.165, 1.54) is 24.3 Å². The molecule has 0 fully saturated rings. The van der Waals surface area contributed by atoms with Crippen LogP contribution in [-0.4, -0.2) is 23.0 Å². The van der Waals surface area contributed by atoms with Gasteiger partial charge in [-0.25, -0.2) is 0 Å². The number of amides is 2. The summed E-state index contributed by atoms with van der Waals surface area (Å²) in [4.78, 5) is 25.2. The molecular formula is C26H24F3N3O3S. The lowest BCUT2D eigenvalue weighted by Gasteiger charge is -2.14. The molecule has 0 heterocycles. The van der Waals surface area contributed by atoms with Crippen molar-refractivity contribution in [3.05, 3.63) is 89.5 Å². The Kier molecular flexibility index (Phi) is 8.65. The van der Waals surface area contributed by atoms with E-state index in [2.05, 4.69) is 16.0 Å². The monoisotopic (exact) mass is 515 g/mol. The molecule has 0 radical (unpaired) electrons. The van der Waals surface area contributed by atoms with Crippen molar-refractivity contribution >= 4 is 40.5 Å². The van der Waals surface area contributed by atoms with Gasteiger partial charge in [0.25, 0.3) is 11.8 Å². The standard InChI is InChI=1S/C26H24F3N3O3S/c1-3-16(2)35-22-12-5-8-18(14-22)24(34)32-25(36)31-20-10-4-7-17(13-20)23(33)30-21-11-6-9-19(15-21)26(27,28)29/h4-16H,3H2,1-2H3,(H,30,33)(H2,31,32,34,36). The summed E-state index contributed by atoms with van der Waals surface area (Å²) < 4.78 is 44.5. The van der Waals surface area contributed by atoms with Gasteiger partial charge in [0.1, 0.15) is 5.75 Å². The van der Waals surface area contributed by atoms with Gasteiger partial charge in [0, 0.05) is 22.5 Å². The van der Waals surface area contributed by atoms with E-state index in [1.807, 2.05) is 13.8 Å². The molecule has 10 heteroatoms. The number of hydrogen-bond acceptors (Lipinski definition) is 4. The molecule has 0 aliphatic carbocycles. The van der Waals surface area contributed by atoms with Crippen LogP contribution < -0.4 is 20.7 Å². The van der Waals surface area contributed by atoms with Gasteiger partial charge in [-0.2, -0.15) is 13.2 Å². The Bertz CT molecular complexity index is 1260. The smallest absolute Gasteiger partial charge is 0.416 e. The summed E-state index contributed by atoms with van der Waals surface area (Å²) in [6.45, 7) is 3.93. The van der Waals surface area contributed by atoms with Gasteiger partial charge in [0.15, 0.2) is 5.11 Å². The van der Waals surface area contributed by atoms with Gasteiger partial charge < -0.3 is 15.4 Å². The second kappa shape index (κ2) is 11.7. The Labute approximate surface area is 211 Å². The van der Waals surface area contributed by atoms with E-state index in [-0.39, 0.29) is 22.5 Å². The van der Waals surface area contributed by atoms with Crippen LogP contribution in [0.5, 0.6) is 5.75 Å². The Morgan fingerprint density at radius 1 is 0.889 bits per heavy atom. The normalized spacial score (nSPS) is 11.8. The average Bonchev–Trinajstić information content (AvgIpc) is 2.83. The lowest BCUT2D eigenvalue weighted by atomic mass is 10.1. The highest BCUT2D eigenvalue weighted by Gasteiger charge is 2.30. The molecule has 0 spiro atoms. The van der Waals surface area contributed by atoms with E-state index >= 15 is 0 Å². The predicted molar refractivity (Wildman–Crippen MR) is 136 cm³/mol. The van der Waals surface area contributed by atoms with Crippen LogP contribution in [0.25, 0.3) is 0 Å². The van der Waals surface area contributed by atoms with Crippen molar-refractivity contribution in [2.24, 2.45) is 0 Å². The molecule has 3 rings (SSSR count). The minimum absolute atomic E-state index is 0.00341. The van der Waals surface area contributed by atoms with Crippen LogP contribution in [0.2, 0.25) is 0 Å². The molecule has 3 N–H and O–H groups in total. The fourth-order valence-corrected chi connectivity index (χ4v) is 3.29. The number of carbonyl (C=O) groups excluding carboxylic acids is 2. The summed E-state index contributed by atoms with van der Waals surface area (Å²) in [5, 5.41) is 7.84. The summed E-state index contributed by atoms with van der Waals surface area (Å²) in [5.41, 5.74) is 0.0886. The van der Waals surface area contributed by atoms with Crippen LogP contribution in [0.1, 0.15) is 46.5 Å². The van der Waals surface area contributed by atoms with E-state index in [0.29, 0.717) is 17.0 Å². The zero-order valence-electron chi connectivity index (χ0n) is 19.5. The number of nitrogens with one attached hydrogen (secondary N) is 3. The Morgan fingerprint density at radius 2 is 1.50 bits per heavy atom. The Balaban J connectivity index is 1.62. The first-order valence-corrected chi connectivity index (χ1v) is 11.4. The third-order valence-electron chi connectivity index (χ3n) is 5.07. The average molecular weight is 516 g/mol. The first kappa shape index (κ1) is 26.7. The summed E-state index contributed by atoms with van der Waals surface area (Å²) in [6.07, 6.45) is -3.70. The molecule has 0 aliphatic rings. The topological polar surface area (TPSA) is 79.5 Å². The largest absolute Gasteiger partial charge is 0.491 e. The Hall–Kier alpha value is -3.92. The second-order valence-corrected chi connectivity index (χ2v) is 8.29. The molecule has 0 aromatic heterocycles. The number of rotatable bonds is 7. The van der Waals surface area contributed by atoms with Crippen molar-refractivity contribution in [3.8, 4) is 5.75 Å². The van der Waals surface area contributed by atoms with Gasteiger partial charge >= 0.3 is 6.18 Å². The lowest BCUT2D eigenvalue weighted by molar-refractivity contribution is -0.137. The van der Waals surface area contributed by atoms with Crippen LogP contribution in [0.15, 0.2) is 72.8 Å². The molecule has 2 amide bonds. The molecule has 0 bridgehead atoms. The fourth-order valence-electron chi connectivity index (χ4n) is 3.08. The first-order chi connectivity index (χ1) is 17.0. The van der Waals surface area contributed by atoms with Crippen LogP contribution in [-0.2, 0) is 6.18 Å². The van der Waals surface area contributed by atoms with E-state index in [0.717, 1.165) is 18.6 Å². The maximum Gasteiger partial charge on any atom is 0.416 e. The number of alkyl halides is 3. The highest BCUT2D eigenvalue weighted by Crippen LogP contribution is 2.30. The van der Waals surface area contributed by atoms with Crippen molar-refractivity contribution in [2.75, 3.05) is 10.6 Å². The van der Waals surface area contributed by atoms with Crippen molar-refractivity contribution < 1.29 is 27.5 Å². The van der Waals surface area contributed by atoms with Crippen molar-refractivity contribution in [1.29, 1.82) is 0 Å². The van der Waals surface area contributed by atoms with Gasteiger partial charge in [0.05, 0.1) is 11.7 Å². The van der Waals surface area contributed by atoms with Crippen LogP contribution in [0, 0.1) is 0 Å². The van der Waals surface area contributed by atoms with Gasteiger partial charge in [0.2, 0.25) is 0 Å². The lowest BCUT2D eigenvalue weighted by Crippen LogP contribution is -2.34. The summed E-state index contributed by atoms with van der Waals surface area (Å²) in [7, 11) is 0. The molecular weight excluding hydrogens is 491 g/mol. The number of hydrogen-bond donors (Lipinski definition) is 3. The van der Waals surface area contributed by atoms with Crippen molar-refractivity contribution in [1.82, 2.24) is 5.32 Å². The molecule has 3 aromatic carbocycles. The number of anilines is 2. The summed E-state index contributed by atoms with van der Waals surface area (Å²) >= 11 is 5.22. The van der Waals surface area contributed by atoms with Crippen LogP contribution >= 0.6 is 12.2 Å². The van der Waals surface area contributed by atoms with Crippen molar-refractivity contribution in [3.63, 3.8) is 0 Å². The molecule has 3 aromatic rings. The van der Waals surface area contributed by atoms with Crippen LogP contribution in [0.4, 0.5) is 24.5 Å². The fraction of sp³-hybridized carbons (Fsp3) is 0.192. The van der Waals surface area contributed by atoms with Crippen LogP contribution in [0.3, 0.4) is 0 Å². The van der Waals surface area contributed by atoms with Crippen molar-refractivity contribution in [2.45, 2.75) is 32.5 Å². The Morgan fingerprint density at radius 3 is 2.17 bits per heavy atom. The molecule has 0 saturated heterocycles. The van der Waals surface area contributed by atoms with E-state index in [4.69, 9.17) is 17.0 Å². The van der Waals surface area contributed by atoms with Gasteiger partial charge in [-0.3, -0.25) is 14.9 Å². The zero-order valence-corrected chi connectivity index (χ0v) is 20.3. The highest BCUT2D eigenvalue weighted by atomic mass is 32.1. The van der Waals surface area contributed by atoms with E-state index < -0.39 is 23.6 Å². The minimum atomic E-state index is -4.52. The maximum atomic E-state index is 12.9. The van der Waals surface area contributed by atoms with Gasteiger partial charge in [-0.05, 0) is 80.2 Å². The minimum Gasteiger partial charge on any atom is -0.491 e. The number of thiocarbonyl (C=S) groups is 1. The highest BCUT2D eigenvalue weighted by molar-refractivity contribution is 7.80. The molecule has 1 unspecified atom stereocenters. The quantitative estimate of drug-likeness (QED) is 0.324. The third kappa shape index (κ3) is 7.54. The first-order valence-electron chi connectivity index (χ1n) is 11.0. The molecule has 1 atom stereocenters. The van der Waals surface area contributed by atoms with Gasteiger partial charge in [-0.15, -0.1) is 0 Å². The zero-order chi connectivity index (χ0) is 26.3. The SMILES string of the molecule is CCC(C)Oc1cccc(C(=O)NC(=S)Nc2cccc(C(=O)Nc3cccc(C(F)(F)F)c3)c2)c1. The molecule has 0 aliphatic heterocycles. The summed E-state index contributed by atoms with van der Waals surface area (Å²) in [6, 6.07) is 17.2.